The van der Waals surface area contributed by atoms with Crippen LogP contribution in [0.3, 0.4) is 0 Å². The number of carbonyl (C=O) groups excluding carboxylic acids is 1. The zero-order valence-electron chi connectivity index (χ0n) is 11.6. The van der Waals surface area contributed by atoms with Crippen LogP contribution in [0.15, 0.2) is 24.3 Å². The third kappa shape index (κ3) is 2.12. The number of carbonyl (C=O) groups is 1. The molecule has 1 saturated heterocycles. The number of nitrogens with two attached hydrogens (primary N) is 1. The monoisotopic (exact) mass is 276 g/mol. The van der Waals surface area contributed by atoms with Crippen LogP contribution in [-0.4, -0.2) is 29.9 Å². The second kappa shape index (κ2) is 5.17. The standard InChI is InChI=1S/C16H21FN2O/c17-14-5-2-1-4-13(14)16(8-3-9-16)15(20)19-10-6-12(18)7-11-19/h1-2,4-5,12H,3,6-11,18H2. The molecule has 1 aliphatic heterocycles. The first kappa shape index (κ1) is 13.6. The van der Waals surface area contributed by atoms with Crippen LogP contribution < -0.4 is 5.73 Å². The SMILES string of the molecule is NC1CCN(C(=O)C2(c3ccccc3F)CCC2)CC1. The summed E-state index contributed by atoms with van der Waals surface area (Å²) in [5.41, 5.74) is 5.85. The third-order valence-electron chi connectivity index (χ3n) is 4.83. The lowest BCUT2D eigenvalue weighted by Gasteiger charge is -2.45. The molecule has 0 unspecified atom stereocenters. The molecule has 20 heavy (non-hydrogen) atoms. The maximum absolute atomic E-state index is 14.1. The molecule has 3 nitrogen and oxygen atoms in total. The van der Waals surface area contributed by atoms with Crippen LogP contribution in [0.5, 0.6) is 0 Å². The minimum absolute atomic E-state index is 0.0979. The van der Waals surface area contributed by atoms with Gasteiger partial charge in [-0.15, -0.1) is 0 Å². The van der Waals surface area contributed by atoms with Gasteiger partial charge in [0.1, 0.15) is 5.82 Å². The van der Waals surface area contributed by atoms with Crippen LogP contribution in [0, 0.1) is 5.82 Å². The number of hydrogen-bond acceptors (Lipinski definition) is 2. The molecule has 0 radical (unpaired) electrons. The molecule has 2 aliphatic rings. The highest BCUT2D eigenvalue weighted by Gasteiger charge is 2.49. The average molecular weight is 276 g/mol. The van der Waals surface area contributed by atoms with Crippen LogP contribution >= 0.6 is 0 Å². The zero-order chi connectivity index (χ0) is 14.2. The summed E-state index contributed by atoms with van der Waals surface area (Å²) in [6, 6.07) is 6.91. The summed E-state index contributed by atoms with van der Waals surface area (Å²) in [5, 5.41) is 0. The molecule has 3 rings (SSSR count). The van der Waals surface area contributed by atoms with Crippen molar-refractivity contribution in [1.82, 2.24) is 4.90 Å². The fourth-order valence-corrected chi connectivity index (χ4v) is 3.38. The molecule has 108 valence electrons. The number of benzene rings is 1. The maximum atomic E-state index is 14.1. The first-order valence-electron chi connectivity index (χ1n) is 7.43. The van der Waals surface area contributed by atoms with Crippen molar-refractivity contribution in [1.29, 1.82) is 0 Å². The molecule has 1 heterocycles. The average Bonchev–Trinajstić information content (AvgIpc) is 2.40. The minimum atomic E-state index is -0.618. The van der Waals surface area contributed by atoms with Gasteiger partial charge in [0.2, 0.25) is 5.91 Å². The molecule has 1 aliphatic carbocycles. The summed E-state index contributed by atoms with van der Waals surface area (Å²) < 4.78 is 14.1. The van der Waals surface area contributed by atoms with E-state index >= 15 is 0 Å². The quantitative estimate of drug-likeness (QED) is 0.900. The van der Waals surface area contributed by atoms with Crippen molar-refractivity contribution < 1.29 is 9.18 Å². The predicted molar refractivity (Wildman–Crippen MR) is 75.7 cm³/mol. The number of likely N-dealkylation sites (tertiary alicyclic amines) is 1. The van der Waals surface area contributed by atoms with Crippen molar-refractivity contribution >= 4 is 5.91 Å². The lowest BCUT2D eigenvalue weighted by Crippen LogP contribution is -2.54. The van der Waals surface area contributed by atoms with Crippen LogP contribution in [0.4, 0.5) is 4.39 Å². The molecule has 1 aromatic rings. The Balaban J connectivity index is 1.86. The minimum Gasteiger partial charge on any atom is -0.342 e. The Hall–Kier alpha value is -1.42. The van der Waals surface area contributed by atoms with E-state index in [1.165, 1.54) is 6.07 Å². The van der Waals surface area contributed by atoms with Gasteiger partial charge < -0.3 is 10.6 Å². The van der Waals surface area contributed by atoms with Gasteiger partial charge in [0.05, 0.1) is 5.41 Å². The van der Waals surface area contributed by atoms with E-state index in [-0.39, 0.29) is 17.8 Å². The highest BCUT2D eigenvalue weighted by atomic mass is 19.1. The van der Waals surface area contributed by atoms with E-state index < -0.39 is 5.41 Å². The first-order valence-corrected chi connectivity index (χ1v) is 7.43. The van der Waals surface area contributed by atoms with E-state index in [0.29, 0.717) is 18.7 Å². The van der Waals surface area contributed by atoms with Crippen molar-refractivity contribution in [2.24, 2.45) is 5.73 Å². The Kier molecular flexibility index (Phi) is 3.50. The molecule has 2 fully saturated rings. The van der Waals surface area contributed by atoms with E-state index in [0.717, 1.165) is 32.1 Å². The van der Waals surface area contributed by atoms with Crippen LogP contribution in [-0.2, 0) is 10.2 Å². The number of halogens is 1. The lowest BCUT2D eigenvalue weighted by atomic mass is 9.63. The lowest BCUT2D eigenvalue weighted by molar-refractivity contribution is -0.142. The molecule has 0 aromatic heterocycles. The fraction of sp³-hybridized carbons (Fsp3) is 0.562. The molecule has 4 heteroatoms. The summed E-state index contributed by atoms with van der Waals surface area (Å²) in [5.74, 6) is -0.157. The fourth-order valence-electron chi connectivity index (χ4n) is 3.38. The number of rotatable bonds is 2. The molecule has 0 spiro atoms. The number of amides is 1. The number of hydrogen-bond donors (Lipinski definition) is 1. The molecule has 0 bridgehead atoms. The second-order valence-electron chi connectivity index (χ2n) is 6.05. The molecule has 2 N–H and O–H groups in total. The van der Waals surface area contributed by atoms with E-state index in [1.807, 2.05) is 11.0 Å². The topological polar surface area (TPSA) is 46.3 Å². The zero-order valence-corrected chi connectivity index (χ0v) is 11.6. The van der Waals surface area contributed by atoms with Gasteiger partial charge in [0.15, 0.2) is 0 Å². The normalized spacial score (nSPS) is 22.4. The number of piperidine rings is 1. The van der Waals surface area contributed by atoms with Crippen LogP contribution in [0.1, 0.15) is 37.7 Å². The van der Waals surface area contributed by atoms with Gasteiger partial charge in [-0.1, -0.05) is 24.6 Å². The molecule has 0 atom stereocenters. The first-order chi connectivity index (χ1) is 9.63. The Morgan fingerprint density at radius 3 is 2.45 bits per heavy atom. The van der Waals surface area contributed by atoms with Crippen molar-refractivity contribution in [2.45, 2.75) is 43.6 Å². The highest BCUT2D eigenvalue weighted by Crippen LogP contribution is 2.46. The van der Waals surface area contributed by atoms with Gasteiger partial charge in [0, 0.05) is 24.7 Å². The van der Waals surface area contributed by atoms with E-state index in [9.17, 15) is 9.18 Å². The molecular formula is C16H21FN2O. The summed E-state index contributed by atoms with van der Waals surface area (Å²) in [7, 11) is 0. The number of nitrogens with zero attached hydrogens (tertiary/aromatic N) is 1. The Labute approximate surface area is 118 Å². The molecule has 1 saturated carbocycles. The molecular weight excluding hydrogens is 255 g/mol. The Morgan fingerprint density at radius 2 is 1.90 bits per heavy atom. The predicted octanol–water partition coefficient (Wildman–Crippen LogP) is 2.20. The summed E-state index contributed by atoms with van der Waals surface area (Å²) in [4.78, 5) is 14.8. The van der Waals surface area contributed by atoms with Crippen molar-refractivity contribution in [3.05, 3.63) is 35.6 Å². The van der Waals surface area contributed by atoms with Crippen LogP contribution in [0.25, 0.3) is 0 Å². The van der Waals surface area contributed by atoms with Gasteiger partial charge in [0.25, 0.3) is 0 Å². The summed E-state index contributed by atoms with van der Waals surface area (Å²) in [6.07, 6.45) is 4.20. The molecule has 1 aromatic carbocycles. The van der Waals surface area contributed by atoms with Gasteiger partial charge in [-0.25, -0.2) is 4.39 Å². The highest BCUT2D eigenvalue weighted by molar-refractivity contribution is 5.89. The van der Waals surface area contributed by atoms with Gasteiger partial charge in [-0.2, -0.15) is 0 Å². The smallest absolute Gasteiger partial charge is 0.233 e. The van der Waals surface area contributed by atoms with E-state index in [2.05, 4.69) is 0 Å². The summed E-state index contributed by atoms with van der Waals surface area (Å²) in [6.45, 7) is 1.41. The van der Waals surface area contributed by atoms with Gasteiger partial charge in [-0.3, -0.25) is 4.79 Å². The van der Waals surface area contributed by atoms with Crippen molar-refractivity contribution in [3.63, 3.8) is 0 Å². The summed E-state index contributed by atoms with van der Waals surface area (Å²) >= 11 is 0. The van der Waals surface area contributed by atoms with E-state index in [4.69, 9.17) is 5.73 Å². The molecule has 1 amide bonds. The Bertz CT molecular complexity index is 505. The second-order valence-corrected chi connectivity index (χ2v) is 6.05. The van der Waals surface area contributed by atoms with Crippen molar-refractivity contribution in [3.8, 4) is 0 Å². The van der Waals surface area contributed by atoms with Gasteiger partial charge in [-0.05, 0) is 31.7 Å². The third-order valence-corrected chi connectivity index (χ3v) is 4.83. The van der Waals surface area contributed by atoms with Gasteiger partial charge >= 0.3 is 0 Å². The maximum Gasteiger partial charge on any atom is 0.233 e. The Morgan fingerprint density at radius 1 is 1.25 bits per heavy atom. The van der Waals surface area contributed by atoms with E-state index in [1.54, 1.807) is 12.1 Å². The van der Waals surface area contributed by atoms with Crippen molar-refractivity contribution in [2.75, 3.05) is 13.1 Å². The largest absolute Gasteiger partial charge is 0.342 e. The van der Waals surface area contributed by atoms with Crippen LogP contribution in [0.2, 0.25) is 0 Å².